The van der Waals surface area contributed by atoms with E-state index in [1.54, 1.807) is 45.2 Å². The Balaban J connectivity index is 1.59. The molecule has 2 N–H and O–H groups in total. The Morgan fingerprint density at radius 2 is 1.69 bits per heavy atom. The number of carbonyl (C=O) groups is 2. The van der Waals surface area contributed by atoms with Crippen molar-refractivity contribution in [2.75, 3.05) is 7.11 Å². The van der Waals surface area contributed by atoms with Gasteiger partial charge in [0.1, 0.15) is 29.2 Å². The van der Waals surface area contributed by atoms with Crippen LogP contribution in [0.15, 0.2) is 66.7 Å². The van der Waals surface area contributed by atoms with Crippen LogP contribution in [0.1, 0.15) is 53.9 Å². The van der Waals surface area contributed by atoms with Crippen LogP contribution in [-0.2, 0) is 4.79 Å². The molecule has 0 aliphatic carbocycles. The first kappa shape index (κ1) is 24.1. The first-order chi connectivity index (χ1) is 16.7. The van der Waals surface area contributed by atoms with Crippen LogP contribution in [0.25, 0.3) is 0 Å². The number of halogens is 1. The maximum absolute atomic E-state index is 13.3. The van der Waals surface area contributed by atoms with Crippen LogP contribution in [0.3, 0.4) is 0 Å². The van der Waals surface area contributed by atoms with Gasteiger partial charge in [0.15, 0.2) is 5.60 Å². The van der Waals surface area contributed by atoms with Gasteiger partial charge in [-0.05, 0) is 67.9 Å². The van der Waals surface area contributed by atoms with Crippen molar-refractivity contribution in [3.8, 4) is 17.2 Å². The van der Waals surface area contributed by atoms with Crippen molar-refractivity contribution < 1.29 is 33.3 Å². The van der Waals surface area contributed by atoms with Gasteiger partial charge in [-0.3, -0.25) is 4.79 Å². The molecule has 0 unspecified atom stereocenters. The summed E-state index contributed by atoms with van der Waals surface area (Å²) in [6.07, 6.45) is -0.00621. The Labute approximate surface area is 202 Å². The van der Waals surface area contributed by atoms with Crippen molar-refractivity contribution in [1.29, 1.82) is 0 Å². The number of hydrogen-bond donors (Lipinski definition) is 2. The standard InChI is InChI=1S/C27H26FNO6/c1-27(2,35-19-10-8-18(28)9-11-19)26(32)29-22-15-23(16-4-6-17(7-5-16)25(30)31)34-24-14-20(33-3)12-13-21(22)24/h4-14,22-23H,15H2,1-3H3,(H,29,32)(H,30,31)/t22-,23-/m1/s1. The zero-order chi connectivity index (χ0) is 25.2. The number of amides is 1. The maximum atomic E-state index is 13.3. The van der Waals surface area contributed by atoms with Gasteiger partial charge in [-0.15, -0.1) is 0 Å². The summed E-state index contributed by atoms with van der Waals surface area (Å²) in [6, 6.07) is 16.9. The van der Waals surface area contributed by atoms with Crippen LogP contribution in [0.5, 0.6) is 17.2 Å². The number of rotatable bonds is 7. The average Bonchev–Trinajstić information content (AvgIpc) is 2.84. The van der Waals surface area contributed by atoms with Gasteiger partial charge in [-0.25, -0.2) is 9.18 Å². The molecule has 0 saturated heterocycles. The summed E-state index contributed by atoms with van der Waals surface area (Å²) in [5.41, 5.74) is 0.511. The molecule has 7 nitrogen and oxygen atoms in total. The Bertz CT molecular complexity index is 1220. The highest BCUT2D eigenvalue weighted by Gasteiger charge is 2.36. The van der Waals surface area contributed by atoms with E-state index in [1.807, 2.05) is 6.07 Å². The zero-order valence-corrected chi connectivity index (χ0v) is 19.6. The number of benzene rings is 3. The molecule has 0 bridgehead atoms. The third-order valence-corrected chi connectivity index (χ3v) is 5.88. The molecule has 1 aliphatic rings. The lowest BCUT2D eigenvalue weighted by Gasteiger charge is -2.35. The van der Waals surface area contributed by atoms with Crippen LogP contribution < -0.4 is 19.5 Å². The highest BCUT2D eigenvalue weighted by atomic mass is 19.1. The fourth-order valence-electron chi connectivity index (χ4n) is 3.93. The zero-order valence-electron chi connectivity index (χ0n) is 19.6. The van der Waals surface area contributed by atoms with E-state index < -0.39 is 29.5 Å². The van der Waals surface area contributed by atoms with Gasteiger partial charge in [-0.1, -0.05) is 12.1 Å². The van der Waals surface area contributed by atoms with Crippen molar-refractivity contribution in [1.82, 2.24) is 5.32 Å². The number of nitrogens with one attached hydrogen (secondary N) is 1. The number of carboxylic acids is 1. The number of carbonyl (C=O) groups excluding carboxylic acids is 1. The van der Waals surface area contributed by atoms with Gasteiger partial charge in [0.2, 0.25) is 0 Å². The second-order valence-corrected chi connectivity index (χ2v) is 8.77. The number of ether oxygens (including phenoxy) is 3. The molecule has 35 heavy (non-hydrogen) atoms. The van der Waals surface area contributed by atoms with Gasteiger partial charge in [0.25, 0.3) is 5.91 Å². The molecular formula is C27H26FNO6. The molecule has 0 saturated carbocycles. The molecule has 0 radical (unpaired) electrons. The summed E-state index contributed by atoms with van der Waals surface area (Å²) in [7, 11) is 1.56. The largest absolute Gasteiger partial charge is 0.497 e. The van der Waals surface area contributed by atoms with Gasteiger partial charge < -0.3 is 24.6 Å². The van der Waals surface area contributed by atoms with E-state index in [-0.39, 0.29) is 11.5 Å². The second kappa shape index (κ2) is 9.66. The highest BCUT2D eigenvalue weighted by Crippen LogP contribution is 2.42. The maximum Gasteiger partial charge on any atom is 0.335 e. The lowest BCUT2D eigenvalue weighted by Crippen LogP contribution is -2.48. The Morgan fingerprint density at radius 3 is 2.31 bits per heavy atom. The van der Waals surface area contributed by atoms with E-state index >= 15 is 0 Å². The third-order valence-electron chi connectivity index (χ3n) is 5.88. The minimum Gasteiger partial charge on any atom is -0.497 e. The summed E-state index contributed by atoms with van der Waals surface area (Å²) in [5.74, 6) is -0.210. The van der Waals surface area contributed by atoms with Gasteiger partial charge in [0.05, 0.1) is 18.7 Å². The third kappa shape index (κ3) is 5.37. The molecule has 1 amide bonds. The van der Waals surface area contributed by atoms with Gasteiger partial charge in [0, 0.05) is 18.1 Å². The summed E-state index contributed by atoms with van der Waals surface area (Å²) in [4.78, 5) is 24.5. The summed E-state index contributed by atoms with van der Waals surface area (Å²) >= 11 is 0. The van der Waals surface area contributed by atoms with Crippen LogP contribution in [0, 0.1) is 5.82 Å². The number of methoxy groups -OCH3 is 1. The minimum absolute atomic E-state index is 0.177. The second-order valence-electron chi connectivity index (χ2n) is 8.77. The van der Waals surface area contributed by atoms with Crippen molar-refractivity contribution in [2.45, 2.75) is 38.0 Å². The molecule has 0 spiro atoms. The molecule has 3 aromatic carbocycles. The predicted octanol–water partition coefficient (Wildman–Crippen LogP) is 5.07. The molecule has 1 heterocycles. The predicted molar refractivity (Wildman–Crippen MR) is 126 cm³/mol. The summed E-state index contributed by atoms with van der Waals surface area (Å²) < 4.78 is 30.6. The van der Waals surface area contributed by atoms with Crippen LogP contribution in [0.4, 0.5) is 4.39 Å². The Hall–Kier alpha value is -4.07. The number of carboxylic acid groups (broad SMARTS) is 1. The lowest BCUT2D eigenvalue weighted by molar-refractivity contribution is -0.135. The fraction of sp³-hybridized carbons (Fsp3) is 0.259. The molecule has 0 fully saturated rings. The SMILES string of the molecule is COc1ccc2c(c1)O[C@@H](c1ccc(C(=O)O)cc1)C[C@H]2NC(=O)C(C)(C)Oc1ccc(F)cc1. The van der Waals surface area contributed by atoms with Crippen molar-refractivity contribution in [3.05, 3.63) is 89.2 Å². The molecule has 4 rings (SSSR count). The first-order valence-electron chi connectivity index (χ1n) is 11.1. The van der Waals surface area contributed by atoms with Crippen LogP contribution in [0.2, 0.25) is 0 Å². The molecule has 3 aromatic rings. The summed E-state index contributed by atoms with van der Waals surface area (Å²) in [5, 5.41) is 12.2. The quantitative estimate of drug-likeness (QED) is 0.491. The smallest absolute Gasteiger partial charge is 0.335 e. The first-order valence-corrected chi connectivity index (χ1v) is 11.1. The highest BCUT2D eigenvalue weighted by molar-refractivity contribution is 5.87. The van der Waals surface area contributed by atoms with Crippen molar-refractivity contribution in [2.24, 2.45) is 0 Å². The normalized spacial score (nSPS) is 17.0. The monoisotopic (exact) mass is 479 g/mol. The van der Waals surface area contributed by atoms with E-state index in [9.17, 15) is 19.1 Å². The van der Waals surface area contributed by atoms with Gasteiger partial charge in [-0.2, -0.15) is 0 Å². The van der Waals surface area contributed by atoms with E-state index in [1.165, 1.54) is 36.4 Å². The van der Waals surface area contributed by atoms with E-state index in [2.05, 4.69) is 5.32 Å². The number of fused-ring (bicyclic) bond motifs is 1. The Morgan fingerprint density at radius 1 is 1.03 bits per heavy atom. The molecular weight excluding hydrogens is 453 g/mol. The molecule has 8 heteroatoms. The van der Waals surface area contributed by atoms with Crippen molar-refractivity contribution in [3.63, 3.8) is 0 Å². The molecule has 2 atom stereocenters. The summed E-state index contributed by atoms with van der Waals surface area (Å²) in [6.45, 7) is 3.28. The lowest BCUT2D eigenvalue weighted by atomic mass is 9.91. The van der Waals surface area contributed by atoms with Gasteiger partial charge >= 0.3 is 5.97 Å². The van der Waals surface area contributed by atoms with E-state index in [0.29, 0.717) is 23.7 Å². The molecule has 1 aliphatic heterocycles. The molecule has 0 aromatic heterocycles. The number of hydrogen-bond acceptors (Lipinski definition) is 5. The van der Waals surface area contributed by atoms with Crippen molar-refractivity contribution >= 4 is 11.9 Å². The number of aromatic carboxylic acids is 1. The van der Waals surface area contributed by atoms with E-state index in [4.69, 9.17) is 14.2 Å². The van der Waals surface area contributed by atoms with Crippen LogP contribution >= 0.6 is 0 Å². The fourth-order valence-corrected chi connectivity index (χ4v) is 3.93. The topological polar surface area (TPSA) is 94.1 Å². The van der Waals surface area contributed by atoms with Crippen LogP contribution in [-0.4, -0.2) is 29.7 Å². The van der Waals surface area contributed by atoms with E-state index in [0.717, 1.165) is 11.1 Å². The average molecular weight is 480 g/mol. The minimum atomic E-state index is -1.23. The molecule has 182 valence electrons. The Kier molecular flexibility index (Phi) is 6.64.